The van der Waals surface area contributed by atoms with Gasteiger partial charge in [-0.3, -0.25) is 5.43 Å². The van der Waals surface area contributed by atoms with Crippen LogP contribution in [0.5, 0.6) is 5.75 Å². The van der Waals surface area contributed by atoms with Gasteiger partial charge in [0.15, 0.2) is 10.7 Å². The predicted molar refractivity (Wildman–Crippen MR) is 88.4 cm³/mol. The Balaban J connectivity index is 1.92. The Bertz CT molecular complexity index is 846. The molecular formula is C16H12N4OS. The average Bonchev–Trinajstić information content (AvgIpc) is 2.99. The quantitative estimate of drug-likeness (QED) is 0.590. The monoisotopic (exact) mass is 308 g/mol. The number of thiazole rings is 1. The molecule has 0 aliphatic rings. The summed E-state index contributed by atoms with van der Waals surface area (Å²) in [6.07, 6.45) is 0. The van der Waals surface area contributed by atoms with E-state index in [0.29, 0.717) is 16.4 Å². The van der Waals surface area contributed by atoms with Crippen LogP contribution in [0, 0.1) is 11.3 Å². The summed E-state index contributed by atoms with van der Waals surface area (Å²) in [4.78, 5) is 4.43. The number of aromatic nitrogens is 1. The summed E-state index contributed by atoms with van der Waals surface area (Å²) in [6.45, 7) is 0. The minimum absolute atomic E-state index is 0.243. The van der Waals surface area contributed by atoms with E-state index in [0.717, 1.165) is 10.2 Å². The third kappa shape index (κ3) is 2.75. The number of nitrogens with zero attached hydrogens (tertiary/aromatic N) is 3. The fourth-order valence-electron chi connectivity index (χ4n) is 1.95. The first kappa shape index (κ1) is 14.0. The number of ether oxygens (including phenoxy) is 1. The molecule has 0 saturated carbocycles. The topological polar surface area (TPSA) is 70.3 Å². The molecule has 2 aromatic carbocycles. The molecule has 0 amide bonds. The summed E-state index contributed by atoms with van der Waals surface area (Å²) < 4.78 is 6.26. The lowest BCUT2D eigenvalue weighted by molar-refractivity contribution is 0.416. The number of nitriles is 1. The maximum Gasteiger partial charge on any atom is 0.196 e. The van der Waals surface area contributed by atoms with Crippen LogP contribution >= 0.6 is 11.3 Å². The summed E-state index contributed by atoms with van der Waals surface area (Å²) in [5.41, 5.74) is 4.66. The molecule has 0 unspecified atom stereocenters. The van der Waals surface area contributed by atoms with Crippen LogP contribution in [0.15, 0.2) is 53.6 Å². The minimum Gasteiger partial charge on any atom is -0.495 e. The van der Waals surface area contributed by atoms with Crippen molar-refractivity contribution >= 4 is 33.0 Å². The Labute approximate surface area is 131 Å². The van der Waals surface area contributed by atoms with E-state index in [-0.39, 0.29) is 5.71 Å². The molecule has 22 heavy (non-hydrogen) atoms. The number of benzene rings is 2. The summed E-state index contributed by atoms with van der Waals surface area (Å²) in [7, 11) is 1.59. The number of rotatable bonds is 4. The molecule has 0 aliphatic heterocycles. The highest BCUT2D eigenvalue weighted by molar-refractivity contribution is 7.20. The molecule has 6 heteroatoms. The molecule has 1 heterocycles. The number of hydrogen-bond donors (Lipinski definition) is 1. The fraction of sp³-hybridized carbons (Fsp3) is 0.0625. The molecule has 1 aromatic heterocycles. The molecule has 0 fully saturated rings. The van der Waals surface area contributed by atoms with Crippen molar-refractivity contribution < 1.29 is 4.74 Å². The van der Waals surface area contributed by atoms with E-state index in [9.17, 15) is 5.26 Å². The zero-order chi connectivity index (χ0) is 15.4. The highest BCUT2D eigenvalue weighted by Crippen LogP contribution is 2.24. The molecule has 3 aromatic rings. The molecule has 0 spiro atoms. The summed E-state index contributed by atoms with van der Waals surface area (Å²) in [5, 5.41) is 14.1. The van der Waals surface area contributed by atoms with Gasteiger partial charge in [0.1, 0.15) is 11.8 Å². The first-order valence-electron chi connectivity index (χ1n) is 6.54. The van der Waals surface area contributed by atoms with Crippen molar-refractivity contribution in [1.82, 2.24) is 4.98 Å². The van der Waals surface area contributed by atoms with E-state index in [4.69, 9.17) is 4.74 Å². The Morgan fingerprint density at radius 1 is 1.23 bits per heavy atom. The van der Waals surface area contributed by atoms with Crippen molar-refractivity contribution in [2.24, 2.45) is 5.10 Å². The van der Waals surface area contributed by atoms with Gasteiger partial charge in [-0.1, -0.05) is 24.3 Å². The van der Waals surface area contributed by atoms with Gasteiger partial charge in [-0.2, -0.15) is 10.4 Å². The van der Waals surface area contributed by atoms with Crippen LogP contribution in [-0.2, 0) is 0 Å². The number of nitrogens with one attached hydrogen (secondary N) is 1. The van der Waals surface area contributed by atoms with E-state index in [1.165, 1.54) is 11.3 Å². The lowest BCUT2D eigenvalue weighted by Crippen LogP contribution is -2.02. The van der Waals surface area contributed by atoms with Gasteiger partial charge >= 0.3 is 0 Å². The van der Waals surface area contributed by atoms with E-state index in [1.807, 2.05) is 48.5 Å². The van der Waals surface area contributed by atoms with E-state index in [2.05, 4.69) is 21.6 Å². The molecule has 0 saturated heterocycles. The molecule has 0 bridgehead atoms. The van der Waals surface area contributed by atoms with Gasteiger partial charge in [0.2, 0.25) is 0 Å². The van der Waals surface area contributed by atoms with Crippen molar-refractivity contribution in [2.75, 3.05) is 12.5 Å². The Hall–Kier alpha value is -2.91. The van der Waals surface area contributed by atoms with Crippen LogP contribution < -0.4 is 10.2 Å². The molecule has 0 atom stereocenters. The second kappa shape index (κ2) is 6.24. The van der Waals surface area contributed by atoms with Gasteiger partial charge < -0.3 is 4.74 Å². The van der Waals surface area contributed by atoms with Crippen LogP contribution in [0.2, 0.25) is 0 Å². The maximum atomic E-state index is 9.32. The molecule has 0 radical (unpaired) electrons. The summed E-state index contributed by atoms with van der Waals surface area (Å²) >= 11 is 1.44. The number of hydrogen-bond acceptors (Lipinski definition) is 6. The lowest BCUT2D eigenvalue weighted by atomic mass is 10.3. The Morgan fingerprint density at radius 3 is 2.77 bits per heavy atom. The van der Waals surface area contributed by atoms with E-state index < -0.39 is 0 Å². The van der Waals surface area contributed by atoms with Crippen molar-refractivity contribution in [3.05, 3.63) is 53.5 Å². The molecule has 0 aliphatic carbocycles. The number of hydrazone groups is 1. The molecule has 108 valence electrons. The number of methoxy groups -OCH3 is 1. The minimum atomic E-state index is 0.243. The molecule has 5 nitrogen and oxygen atoms in total. The second-order valence-electron chi connectivity index (χ2n) is 4.37. The van der Waals surface area contributed by atoms with Crippen molar-refractivity contribution in [2.45, 2.75) is 0 Å². The second-order valence-corrected chi connectivity index (χ2v) is 5.40. The highest BCUT2D eigenvalue weighted by Gasteiger charge is 2.10. The predicted octanol–water partition coefficient (Wildman–Crippen LogP) is 3.64. The van der Waals surface area contributed by atoms with E-state index in [1.54, 1.807) is 7.11 Å². The normalized spacial score (nSPS) is 11.2. The van der Waals surface area contributed by atoms with Crippen LogP contribution in [0.25, 0.3) is 10.2 Å². The first-order chi connectivity index (χ1) is 10.8. The van der Waals surface area contributed by atoms with Gasteiger partial charge in [-0.25, -0.2) is 4.98 Å². The van der Waals surface area contributed by atoms with Crippen molar-refractivity contribution in [3.8, 4) is 11.8 Å². The van der Waals surface area contributed by atoms with Crippen molar-refractivity contribution in [1.29, 1.82) is 5.26 Å². The van der Waals surface area contributed by atoms with Gasteiger partial charge in [0.05, 0.1) is 23.0 Å². The first-order valence-corrected chi connectivity index (χ1v) is 7.36. The van der Waals surface area contributed by atoms with Crippen LogP contribution in [-0.4, -0.2) is 17.8 Å². The summed E-state index contributed by atoms with van der Waals surface area (Å²) in [6, 6.07) is 17.2. The van der Waals surface area contributed by atoms with Crippen LogP contribution in [0.3, 0.4) is 0 Å². The third-order valence-corrected chi connectivity index (χ3v) is 4.04. The van der Waals surface area contributed by atoms with Gasteiger partial charge in [-0.15, -0.1) is 11.3 Å². The summed E-state index contributed by atoms with van der Waals surface area (Å²) in [5.74, 6) is 0.660. The van der Waals surface area contributed by atoms with E-state index >= 15 is 0 Å². The average molecular weight is 308 g/mol. The fourth-order valence-corrected chi connectivity index (χ4v) is 2.85. The molecular weight excluding hydrogens is 296 g/mol. The van der Waals surface area contributed by atoms with Crippen LogP contribution in [0.4, 0.5) is 5.69 Å². The lowest BCUT2D eigenvalue weighted by Gasteiger charge is -2.06. The van der Waals surface area contributed by atoms with Gasteiger partial charge in [-0.05, 0) is 24.3 Å². The smallest absolute Gasteiger partial charge is 0.196 e. The van der Waals surface area contributed by atoms with Crippen molar-refractivity contribution in [3.63, 3.8) is 0 Å². The zero-order valence-corrected chi connectivity index (χ0v) is 12.6. The molecule has 3 rings (SSSR count). The number of fused-ring (bicyclic) bond motifs is 1. The van der Waals surface area contributed by atoms with Gasteiger partial charge in [0, 0.05) is 0 Å². The SMILES string of the molecule is COc1ccccc1N/N=C(\C#N)c1nc2ccccc2s1. The number of anilines is 1. The molecule has 1 N–H and O–H groups in total. The highest BCUT2D eigenvalue weighted by atomic mass is 32.1. The maximum absolute atomic E-state index is 9.32. The van der Waals surface area contributed by atoms with Crippen LogP contribution in [0.1, 0.15) is 5.01 Å². The zero-order valence-electron chi connectivity index (χ0n) is 11.8. The van der Waals surface area contributed by atoms with Gasteiger partial charge in [0.25, 0.3) is 0 Å². The number of para-hydroxylation sites is 3. The Morgan fingerprint density at radius 2 is 2.00 bits per heavy atom. The largest absolute Gasteiger partial charge is 0.495 e. The third-order valence-electron chi connectivity index (χ3n) is 3.00. The Kier molecular flexibility index (Phi) is 3.99. The standard InChI is InChI=1S/C16H12N4OS/c1-21-14-8-4-2-6-11(14)19-20-13(10-17)16-18-12-7-3-5-9-15(12)22-16/h2-9,19H,1H3/b20-13+.